The van der Waals surface area contributed by atoms with Crippen LogP contribution in [0.5, 0.6) is 0 Å². The number of carbonyl (C=O) groups is 1. The lowest BCUT2D eigenvalue weighted by Crippen LogP contribution is -2.35. The largest absolute Gasteiger partial charge is 0.417 e. The zero-order chi connectivity index (χ0) is 15.5. The average Bonchev–Trinajstić information content (AvgIpc) is 2.45. The summed E-state index contributed by atoms with van der Waals surface area (Å²) in [5.74, 6) is -0.267. The van der Waals surface area contributed by atoms with Crippen LogP contribution in [0.2, 0.25) is 0 Å². The van der Waals surface area contributed by atoms with Crippen LogP contribution >= 0.6 is 11.6 Å². The van der Waals surface area contributed by atoms with Gasteiger partial charge in [0.1, 0.15) is 5.69 Å². The summed E-state index contributed by atoms with van der Waals surface area (Å²) in [7, 11) is 0. The van der Waals surface area contributed by atoms with Crippen molar-refractivity contribution in [3.63, 3.8) is 0 Å². The van der Waals surface area contributed by atoms with Crippen LogP contribution in [-0.2, 0) is 6.18 Å². The summed E-state index contributed by atoms with van der Waals surface area (Å²) in [5, 5.41) is 2.73. The molecule has 0 saturated heterocycles. The third kappa shape index (κ3) is 4.33. The third-order valence-electron chi connectivity index (χ3n) is 3.66. The molecule has 0 aliphatic heterocycles. The Morgan fingerprint density at radius 2 is 2.05 bits per heavy atom. The molecule has 0 aromatic carbocycles. The molecule has 2 unspecified atom stereocenters. The van der Waals surface area contributed by atoms with Gasteiger partial charge in [0.25, 0.3) is 5.91 Å². The minimum atomic E-state index is -4.45. The van der Waals surface area contributed by atoms with Gasteiger partial charge >= 0.3 is 6.18 Å². The lowest BCUT2D eigenvalue weighted by Gasteiger charge is -2.26. The molecular weight excluding hydrogens is 305 g/mol. The highest BCUT2D eigenvalue weighted by Crippen LogP contribution is 2.29. The fraction of sp³-hybridized carbons (Fsp3) is 0.571. The van der Waals surface area contributed by atoms with Crippen LogP contribution in [0.4, 0.5) is 13.2 Å². The van der Waals surface area contributed by atoms with Gasteiger partial charge in [0.2, 0.25) is 0 Å². The van der Waals surface area contributed by atoms with Gasteiger partial charge in [-0.05, 0) is 30.9 Å². The number of alkyl halides is 4. The molecular formula is C14H16ClF3N2O. The van der Waals surface area contributed by atoms with Crippen molar-refractivity contribution in [2.45, 2.75) is 37.2 Å². The molecule has 116 valence electrons. The van der Waals surface area contributed by atoms with Gasteiger partial charge in [-0.25, -0.2) is 0 Å². The first-order valence-corrected chi connectivity index (χ1v) is 7.27. The van der Waals surface area contributed by atoms with Crippen molar-refractivity contribution in [1.29, 1.82) is 0 Å². The molecule has 21 heavy (non-hydrogen) atoms. The van der Waals surface area contributed by atoms with E-state index in [4.69, 9.17) is 11.6 Å². The van der Waals surface area contributed by atoms with Gasteiger partial charge in [-0.2, -0.15) is 13.2 Å². The van der Waals surface area contributed by atoms with E-state index in [-0.39, 0.29) is 17.0 Å². The number of carbonyl (C=O) groups excluding carboxylic acids is 1. The second-order valence-electron chi connectivity index (χ2n) is 5.20. The number of nitrogens with zero attached hydrogens (tertiary/aromatic N) is 1. The lowest BCUT2D eigenvalue weighted by atomic mass is 9.89. The number of nitrogens with one attached hydrogen (secondary N) is 1. The van der Waals surface area contributed by atoms with Crippen LogP contribution in [0.1, 0.15) is 41.7 Å². The monoisotopic (exact) mass is 320 g/mol. The molecule has 2 atom stereocenters. The van der Waals surface area contributed by atoms with E-state index >= 15 is 0 Å². The summed E-state index contributed by atoms with van der Waals surface area (Å²) in [5.41, 5.74) is -0.892. The number of hydrogen-bond acceptors (Lipinski definition) is 2. The number of amides is 1. The van der Waals surface area contributed by atoms with Crippen molar-refractivity contribution < 1.29 is 18.0 Å². The molecule has 1 saturated carbocycles. The molecule has 2 rings (SSSR count). The number of pyridine rings is 1. The molecule has 0 spiro atoms. The van der Waals surface area contributed by atoms with Crippen molar-refractivity contribution in [3.8, 4) is 0 Å². The van der Waals surface area contributed by atoms with Crippen LogP contribution in [0.3, 0.4) is 0 Å². The summed E-state index contributed by atoms with van der Waals surface area (Å²) >= 11 is 6.19. The Balaban J connectivity index is 1.91. The topological polar surface area (TPSA) is 42.0 Å². The molecule has 1 aliphatic rings. The molecule has 1 aromatic rings. The predicted octanol–water partition coefficient (Wildman–Crippen LogP) is 3.63. The van der Waals surface area contributed by atoms with Gasteiger partial charge in [-0.1, -0.05) is 12.8 Å². The maximum atomic E-state index is 12.4. The zero-order valence-electron chi connectivity index (χ0n) is 11.3. The molecule has 3 nitrogen and oxygen atoms in total. The lowest BCUT2D eigenvalue weighted by molar-refractivity contribution is -0.137. The predicted molar refractivity (Wildman–Crippen MR) is 73.2 cm³/mol. The van der Waals surface area contributed by atoms with Crippen molar-refractivity contribution in [3.05, 3.63) is 29.6 Å². The van der Waals surface area contributed by atoms with E-state index in [2.05, 4.69) is 10.3 Å². The van der Waals surface area contributed by atoms with Crippen LogP contribution in [-0.4, -0.2) is 22.8 Å². The summed E-state index contributed by atoms with van der Waals surface area (Å²) in [6, 6.07) is 1.93. The first-order valence-electron chi connectivity index (χ1n) is 6.83. The van der Waals surface area contributed by atoms with Crippen molar-refractivity contribution in [1.82, 2.24) is 10.3 Å². The Bertz CT molecular complexity index is 490. The van der Waals surface area contributed by atoms with E-state index in [0.717, 1.165) is 37.8 Å². The summed E-state index contributed by atoms with van der Waals surface area (Å²) in [6.07, 6.45) is 0.284. The quantitative estimate of drug-likeness (QED) is 0.864. The van der Waals surface area contributed by atoms with Gasteiger partial charge in [0, 0.05) is 18.1 Å². The van der Waals surface area contributed by atoms with Crippen molar-refractivity contribution >= 4 is 17.5 Å². The number of rotatable bonds is 3. The number of aromatic nitrogens is 1. The Kier molecular flexibility index (Phi) is 5.08. The number of hydrogen-bond donors (Lipinski definition) is 1. The fourth-order valence-corrected chi connectivity index (χ4v) is 2.77. The third-order valence-corrected chi connectivity index (χ3v) is 4.24. The van der Waals surface area contributed by atoms with E-state index in [0.29, 0.717) is 12.7 Å². The summed E-state index contributed by atoms with van der Waals surface area (Å²) in [6.45, 7) is 0.426. The molecule has 7 heteroatoms. The number of halogens is 4. The Labute approximate surface area is 125 Å². The first kappa shape index (κ1) is 16.1. The molecule has 1 N–H and O–H groups in total. The Morgan fingerprint density at radius 3 is 2.62 bits per heavy atom. The SMILES string of the molecule is O=C(NCC1CCCCC1Cl)c1ccc(C(F)(F)F)cn1. The first-order chi connectivity index (χ1) is 9.88. The van der Waals surface area contributed by atoms with Crippen molar-refractivity contribution in [2.24, 2.45) is 5.92 Å². The second kappa shape index (κ2) is 6.64. The smallest absolute Gasteiger partial charge is 0.350 e. The highest BCUT2D eigenvalue weighted by atomic mass is 35.5. The summed E-state index contributed by atoms with van der Waals surface area (Å²) < 4.78 is 37.2. The van der Waals surface area contributed by atoms with Gasteiger partial charge in [0.15, 0.2) is 0 Å². The van der Waals surface area contributed by atoms with Crippen molar-refractivity contribution in [2.75, 3.05) is 6.54 Å². The van der Waals surface area contributed by atoms with Gasteiger partial charge in [-0.3, -0.25) is 9.78 Å². The van der Waals surface area contributed by atoms with Crippen LogP contribution in [0.15, 0.2) is 18.3 Å². The van der Waals surface area contributed by atoms with E-state index in [1.807, 2.05) is 0 Å². The molecule has 0 bridgehead atoms. The van der Waals surface area contributed by atoms with Gasteiger partial charge in [-0.15, -0.1) is 11.6 Å². The Morgan fingerprint density at radius 1 is 1.33 bits per heavy atom. The minimum Gasteiger partial charge on any atom is -0.350 e. The van der Waals surface area contributed by atoms with Gasteiger partial charge in [0.05, 0.1) is 5.56 Å². The van der Waals surface area contributed by atoms with E-state index in [9.17, 15) is 18.0 Å². The molecule has 1 fully saturated rings. The second-order valence-corrected chi connectivity index (χ2v) is 5.76. The highest BCUT2D eigenvalue weighted by Gasteiger charge is 2.31. The highest BCUT2D eigenvalue weighted by molar-refractivity contribution is 6.20. The Hall–Kier alpha value is -1.30. The molecule has 0 radical (unpaired) electrons. The van der Waals surface area contributed by atoms with Gasteiger partial charge < -0.3 is 5.32 Å². The van der Waals surface area contributed by atoms with Crippen LogP contribution < -0.4 is 5.32 Å². The molecule has 1 heterocycles. The van der Waals surface area contributed by atoms with Crippen LogP contribution in [0, 0.1) is 5.92 Å². The van der Waals surface area contributed by atoms with E-state index < -0.39 is 17.6 Å². The van der Waals surface area contributed by atoms with Crippen LogP contribution in [0.25, 0.3) is 0 Å². The standard InChI is InChI=1S/C14H16ClF3N2O/c15-11-4-2-1-3-9(11)7-20-13(21)12-6-5-10(8-19-12)14(16,17)18/h5-6,8-9,11H,1-4,7H2,(H,20,21). The minimum absolute atomic E-state index is 0.0232. The molecule has 1 amide bonds. The normalized spacial score (nSPS) is 22.9. The summed E-state index contributed by atoms with van der Waals surface area (Å²) in [4.78, 5) is 15.4. The molecule has 1 aromatic heterocycles. The zero-order valence-corrected chi connectivity index (χ0v) is 12.0. The maximum absolute atomic E-state index is 12.4. The fourth-order valence-electron chi connectivity index (χ4n) is 2.40. The average molecular weight is 321 g/mol. The maximum Gasteiger partial charge on any atom is 0.417 e. The van der Waals surface area contributed by atoms with E-state index in [1.165, 1.54) is 0 Å². The van der Waals surface area contributed by atoms with E-state index in [1.54, 1.807) is 0 Å². The molecule has 1 aliphatic carbocycles.